The third-order valence-corrected chi connectivity index (χ3v) is 3.45. The molecule has 0 aliphatic heterocycles. The third kappa shape index (κ3) is 2.50. The summed E-state index contributed by atoms with van der Waals surface area (Å²) in [5.74, 6) is -0.674. The maximum absolute atomic E-state index is 13.7. The van der Waals surface area contributed by atoms with E-state index in [-0.39, 0.29) is 18.1 Å². The standard InChI is InChI=1S/C16H14FN3O/c1-20(16-13(17)6-4-8-18-16)15(21)9-11-10-19-14-7-3-2-5-12(11)14/h2-8,10,19H,9H2,1H3. The summed E-state index contributed by atoms with van der Waals surface area (Å²) in [5, 5.41) is 1.00. The van der Waals surface area contributed by atoms with Crippen molar-refractivity contribution in [3.05, 3.63) is 60.2 Å². The summed E-state index contributed by atoms with van der Waals surface area (Å²) in [6.45, 7) is 0. The van der Waals surface area contributed by atoms with Crippen LogP contribution in [0, 0.1) is 5.82 Å². The zero-order valence-electron chi connectivity index (χ0n) is 11.5. The Morgan fingerprint density at radius 1 is 1.29 bits per heavy atom. The molecule has 0 spiro atoms. The lowest BCUT2D eigenvalue weighted by Gasteiger charge is -2.16. The highest BCUT2D eigenvalue weighted by atomic mass is 19.1. The third-order valence-electron chi connectivity index (χ3n) is 3.45. The Morgan fingerprint density at radius 2 is 2.10 bits per heavy atom. The number of nitrogens with zero attached hydrogens (tertiary/aromatic N) is 2. The molecule has 0 saturated carbocycles. The minimum absolute atomic E-state index is 0.0438. The molecule has 3 aromatic rings. The first kappa shape index (κ1) is 13.3. The van der Waals surface area contributed by atoms with Gasteiger partial charge in [0, 0.05) is 30.3 Å². The lowest BCUT2D eigenvalue weighted by molar-refractivity contribution is -0.117. The fraction of sp³-hybridized carbons (Fsp3) is 0.125. The first-order valence-corrected chi connectivity index (χ1v) is 6.59. The van der Waals surface area contributed by atoms with E-state index in [1.165, 1.54) is 30.3 Å². The molecule has 0 unspecified atom stereocenters. The van der Waals surface area contributed by atoms with Gasteiger partial charge in [0.25, 0.3) is 0 Å². The van der Waals surface area contributed by atoms with Crippen molar-refractivity contribution in [1.82, 2.24) is 9.97 Å². The number of likely N-dealkylation sites (N-methyl/N-ethyl adjacent to an activating group) is 1. The number of carbonyl (C=O) groups is 1. The van der Waals surface area contributed by atoms with Crippen LogP contribution in [0.3, 0.4) is 0 Å². The maximum atomic E-state index is 13.7. The summed E-state index contributed by atoms with van der Waals surface area (Å²) in [6.07, 6.45) is 3.47. The van der Waals surface area contributed by atoms with E-state index in [0.717, 1.165) is 16.5 Å². The van der Waals surface area contributed by atoms with E-state index in [9.17, 15) is 9.18 Å². The van der Waals surface area contributed by atoms with Crippen molar-refractivity contribution in [2.75, 3.05) is 11.9 Å². The fourth-order valence-corrected chi connectivity index (χ4v) is 2.30. The second kappa shape index (κ2) is 5.36. The Balaban J connectivity index is 1.85. The summed E-state index contributed by atoms with van der Waals surface area (Å²) < 4.78 is 13.7. The van der Waals surface area contributed by atoms with Crippen LogP contribution in [0.25, 0.3) is 10.9 Å². The molecule has 2 aromatic heterocycles. The number of hydrogen-bond acceptors (Lipinski definition) is 2. The predicted octanol–water partition coefficient (Wildman–Crippen LogP) is 2.91. The Hall–Kier alpha value is -2.69. The van der Waals surface area contributed by atoms with Gasteiger partial charge in [0.05, 0.1) is 6.42 Å². The highest BCUT2D eigenvalue weighted by molar-refractivity contribution is 5.96. The van der Waals surface area contributed by atoms with Gasteiger partial charge in [-0.15, -0.1) is 0 Å². The van der Waals surface area contributed by atoms with E-state index < -0.39 is 5.82 Å². The van der Waals surface area contributed by atoms with Gasteiger partial charge in [-0.1, -0.05) is 18.2 Å². The van der Waals surface area contributed by atoms with Crippen LogP contribution in [0.1, 0.15) is 5.56 Å². The van der Waals surface area contributed by atoms with Crippen molar-refractivity contribution < 1.29 is 9.18 Å². The van der Waals surface area contributed by atoms with Gasteiger partial charge in [0.15, 0.2) is 11.6 Å². The van der Waals surface area contributed by atoms with Gasteiger partial charge in [-0.2, -0.15) is 0 Å². The van der Waals surface area contributed by atoms with Crippen molar-refractivity contribution in [2.45, 2.75) is 6.42 Å². The quantitative estimate of drug-likeness (QED) is 0.803. The van der Waals surface area contributed by atoms with Gasteiger partial charge in [-0.3, -0.25) is 9.69 Å². The zero-order chi connectivity index (χ0) is 14.8. The Labute approximate surface area is 121 Å². The van der Waals surface area contributed by atoms with Gasteiger partial charge >= 0.3 is 0 Å². The molecule has 1 aromatic carbocycles. The van der Waals surface area contributed by atoms with E-state index in [2.05, 4.69) is 9.97 Å². The Kier molecular flexibility index (Phi) is 3.39. The molecule has 21 heavy (non-hydrogen) atoms. The molecule has 4 nitrogen and oxygen atoms in total. The molecular formula is C16H14FN3O. The van der Waals surface area contributed by atoms with Crippen LogP contribution in [0.15, 0.2) is 48.8 Å². The van der Waals surface area contributed by atoms with Gasteiger partial charge in [-0.25, -0.2) is 9.37 Å². The molecule has 1 N–H and O–H groups in total. The maximum Gasteiger partial charge on any atom is 0.232 e. The number of fused-ring (bicyclic) bond motifs is 1. The minimum Gasteiger partial charge on any atom is -0.361 e. The summed E-state index contributed by atoms with van der Waals surface area (Å²) >= 11 is 0. The highest BCUT2D eigenvalue weighted by Gasteiger charge is 2.17. The largest absolute Gasteiger partial charge is 0.361 e. The molecule has 0 bridgehead atoms. The molecule has 106 valence electrons. The van der Waals surface area contributed by atoms with E-state index in [1.54, 1.807) is 0 Å². The lowest BCUT2D eigenvalue weighted by Crippen LogP contribution is -2.29. The predicted molar refractivity (Wildman–Crippen MR) is 79.6 cm³/mol. The molecule has 0 aliphatic carbocycles. The van der Waals surface area contributed by atoms with E-state index >= 15 is 0 Å². The summed E-state index contributed by atoms with van der Waals surface area (Å²) in [4.78, 5) is 20.6. The van der Waals surface area contributed by atoms with Gasteiger partial charge < -0.3 is 4.98 Å². The molecular weight excluding hydrogens is 269 g/mol. The second-order valence-electron chi connectivity index (χ2n) is 4.80. The summed E-state index contributed by atoms with van der Waals surface area (Å²) in [6, 6.07) is 10.5. The van der Waals surface area contributed by atoms with Crippen molar-refractivity contribution in [1.29, 1.82) is 0 Å². The molecule has 5 heteroatoms. The van der Waals surface area contributed by atoms with Gasteiger partial charge in [0.1, 0.15) is 0 Å². The molecule has 0 saturated heterocycles. The van der Waals surface area contributed by atoms with Crippen molar-refractivity contribution in [2.24, 2.45) is 0 Å². The lowest BCUT2D eigenvalue weighted by atomic mass is 10.1. The molecule has 0 radical (unpaired) electrons. The molecule has 0 aliphatic rings. The first-order valence-electron chi connectivity index (χ1n) is 6.59. The highest BCUT2D eigenvalue weighted by Crippen LogP contribution is 2.20. The number of halogens is 1. The van der Waals surface area contributed by atoms with Gasteiger partial charge in [0.2, 0.25) is 5.91 Å². The number of aromatic amines is 1. The van der Waals surface area contributed by atoms with Crippen LogP contribution in [-0.4, -0.2) is 22.9 Å². The molecule has 1 amide bonds. The topological polar surface area (TPSA) is 49.0 Å². The number of nitrogens with one attached hydrogen (secondary N) is 1. The van der Waals surface area contributed by atoms with E-state index in [4.69, 9.17) is 0 Å². The number of pyridine rings is 1. The van der Waals surface area contributed by atoms with Crippen molar-refractivity contribution >= 4 is 22.6 Å². The molecule has 2 heterocycles. The number of carbonyl (C=O) groups excluding carboxylic acids is 1. The molecule has 0 atom stereocenters. The normalized spacial score (nSPS) is 10.8. The number of benzene rings is 1. The van der Waals surface area contributed by atoms with E-state index in [0.29, 0.717) is 0 Å². The van der Waals surface area contributed by atoms with Crippen LogP contribution in [0.4, 0.5) is 10.2 Å². The van der Waals surface area contributed by atoms with Crippen molar-refractivity contribution in [3.63, 3.8) is 0 Å². The van der Waals surface area contributed by atoms with Crippen molar-refractivity contribution in [3.8, 4) is 0 Å². The number of hydrogen-bond donors (Lipinski definition) is 1. The monoisotopic (exact) mass is 283 g/mol. The summed E-state index contributed by atoms with van der Waals surface area (Å²) in [7, 11) is 1.53. The van der Waals surface area contributed by atoms with Crippen LogP contribution < -0.4 is 4.90 Å². The number of para-hydroxylation sites is 1. The Morgan fingerprint density at radius 3 is 2.90 bits per heavy atom. The average molecular weight is 283 g/mol. The second-order valence-corrected chi connectivity index (χ2v) is 4.80. The number of amides is 1. The van der Waals surface area contributed by atoms with E-state index in [1.807, 2.05) is 30.5 Å². The van der Waals surface area contributed by atoms with Gasteiger partial charge in [-0.05, 0) is 23.8 Å². The van der Waals surface area contributed by atoms with Crippen LogP contribution in [-0.2, 0) is 11.2 Å². The smallest absolute Gasteiger partial charge is 0.232 e. The number of rotatable bonds is 3. The number of aromatic nitrogens is 2. The summed E-state index contributed by atoms with van der Waals surface area (Å²) in [5.41, 5.74) is 1.87. The first-order chi connectivity index (χ1) is 10.2. The number of anilines is 1. The zero-order valence-corrected chi connectivity index (χ0v) is 11.5. The Bertz CT molecular complexity index is 797. The van der Waals surface area contributed by atoms with Crippen LogP contribution >= 0.6 is 0 Å². The van der Waals surface area contributed by atoms with Crippen LogP contribution in [0.5, 0.6) is 0 Å². The molecule has 3 rings (SSSR count). The molecule has 0 fully saturated rings. The average Bonchev–Trinajstić information content (AvgIpc) is 2.90. The van der Waals surface area contributed by atoms with Crippen LogP contribution in [0.2, 0.25) is 0 Å². The fourth-order valence-electron chi connectivity index (χ4n) is 2.30. The SMILES string of the molecule is CN(C(=O)Cc1c[nH]c2ccccc12)c1ncccc1F. The number of H-pyrrole nitrogens is 1. The minimum atomic E-state index is -0.507.